The van der Waals surface area contributed by atoms with Crippen LogP contribution >= 0.6 is 11.8 Å². The molecule has 2 heterocycles. The average molecular weight is 590 g/mol. The molecule has 0 saturated heterocycles. The van der Waals surface area contributed by atoms with Crippen molar-refractivity contribution in [3.05, 3.63) is 77.6 Å². The zero-order valence-electron chi connectivity index (χ0n) is 23.7. The highest BCUT2D eigenvalue weighted by molar-refractivity contribution is 7.99. The van der Waals surface area contributed by atoms with Crippen molar-refractivity contribution in [2.75, 3.05) is 45.6 Å². The summed E-state index contributed by atoms with van der Waals surface area (Å²) < 4.78 is 23.5. The summed E-state index contributed by atoms with van der Waals surface area (Å²) in [6, 6.07) is 18.5. The topological polar surface area (TPSA) is 117 Å². The van der Waals surface area contributed by atoms with Gasteiger partial charge in [-0.05, 0) is 42.3 Å². The third kappa shape index (κ3) is 5.70. The fourth-order valence-corrected chi connectivity index (χ4v) is 5.68. The SMILES string of the molecule is COc1ccccc1-n1c(CNC(=O)c2cc(OC)c(OC)c(OC)c2)nnc1SCC(=O)N1CCc2ccccc21. The zero-order chi connectivity index (χ0) is 29.6. The van der Waals surface area contributed by atoms with Gasteiger partial charge in [-0.3, -0.25) is 14.2 Å². The summed E-state index contributed by atoms with van der Waals surface area (Å²) in [5.41, 5.74) is 3.12. The number of para-hydroxylation sites is 3. The lowest BCUT2D eigenvalue weighted by molar-refractivity contribution is -0.116. The number of thioether (sulfide) groups is 1. The first-order valence-electron chi connectivity index (χ1n) is 13.2. The highest BCUT2D eigenvalue weighted by atomic mass is 32.2. The summed E-state index contributed by atoms with van der Waals surface area (Å²) in [7, 11) is 6.05. The van der Waals surface area contributed by atoms with Crippen molar-refractivity contribution in [1.29, 1.82) is 0 Å². The number of hydrogen-bond acceptors (Lipinski definition) is 9. The Morgan fingerprint density at radius 3 is 2.21 bits per heavy atom. The van der Waals surface area contributed by atoms with Gasteiger partial charge in [-0.15, -0.1) is 10.2 Å². The molecule has 0 atom stereocenters. The van der Waals surface area contributed by atoms with Gasteiger partial charge in [-0.1, -0.05) is 42.1 Å². The van der Waals surface area contributed by atoms with Gasteiger partial charge >= 0.3 is 0 Å². The number of fused-ring (bicyclic) bond motifs is 1. The van der Waals surface area contributed by atoms with Crippen LogP contribution in [0.3, 0.4) is 0 Å². The van der Waals surface area contributed by atoms with Crippen LogP contribution in [0.2, 0.25) is 0 Å². The van der Waals surface area contributed by atoms with Crippen molar-refractivity contribution < 1.29 is 28.5 Å². The van der Waals surface area contributed by atoms with Crippen LogP contribution in [0, 0.1) is 0 Å². The van der Waals surface area contributed by atoms with E-state index >= 15 is 0 Å². The Kier molecular flexibility index (Phi) is 8.82. The molecule has 0 saturated carbocycles. The van der Waals surface area contributed by atoms with E-state index in [-0.39, 0.29) is 24.1 Å². The first-order valence-corrected chi connectivity index (χ1v) is 14.1. The quantitative estimate of drug-likeness (QED) is 0.260. The molecule has 5 rings (SSSR count). The first kappa shape index (κ1) is 28.8. The van der Waals surface area contributed by atoms with Crippen molar-refractivity contribution in [2.45, 2.75) is 18.1 Å². The molecular formula is C30H31N5O6S. The number of rotatable bonds is 11. The normalized spacial score (nSPS) is 12.0. The van der Waals surface area contributed by atoms with E-state index in [1.165, 1.54) is 33.1 Å². The summed E-state index contributed by atoms with van der Waals surface area (Å²) in [4.78, 5) is 28.2. The van der Waals surface area contributed by atoms with Gasteiger partial charge in [0, 0.05) is 17.8 Å². The highest BCUT2D eigenvalue weighted by Crippen LogP contribution is 2.38. The third-order valence-corrected chi connectivity index (χ3v) is 7.79. The van der Waals surface area contributed by atoms with Crippen LogP contribution in [0.4, 0.5) is 5.69 Å². The van der Waals surface area contributed by atoms with Crippen molar-refractivity contribution in [2.24, 2.45) is 0 Å². The molecule has 218 valence electrons. The number of anilines is 1. The standard InChI is InChI=1S/C30H31N5O6S/c1-38-23-12-8-7-11-22(23)35-26(17-31-29(37)20-15-24(39-2)28(41-4)25(16-20)40-3)32-33-30(35)42-18-27(36)34-14-13-19-9-5-6-10-21(19)34/h5-12,15-16H,13-14,17-18H2,1-4H3,(H,31,37). The number of nitrogens with one attached hydrogen (secondary N) is 1. The number of nitrogens with zero attached hydrogens (tertiary/aromatic N) is 4. The molecule has 12 heteroatoms. The number of benzene rings is 3. The predicted octanol–water partition coefficient (Wildman–Crippen LogP) is 3.91. The third-order valence-electron chi connectivity index (χ3n) is 6.87. The highest BCUT2D eigenvalue weighted by Gasteiger charge is 2.26. The molecule has 1 aromatic heterocycles. The Bertz CT molecular complexity index is 1580. The maximum atomic E-state index is 13.2. The number of amides is 2. The van der Waals surface area contributed by atoms with Crippen LogP contribution in [-0.4, -0.2) is 67.3 Å². The van der Waals surface area contributed by atoms with Crippen molar-refractivity contribution in [3.8, 4) is 28.7 Å². The van der Waals surface area contributed by atoms with E-state index in [9.17, 15) is 9.59 Å². The van der Waals surface area contributed by atoms with Crippen LogP contribution in [-0.2, 0) is 17.8 Å². The average Bonchev–Trinajstić information content (AvgIpc) is 3.65. The summed E-state index contributed by atoms with van der Waals surface area (Å²) in [5.74, 6) is 1.95. The largest absolute Gasteiger partial charge is 0.495 e. The molecule has 0 unspecified atom stereocenters. The van der Waals surface area contributed by atoms with E-state index in [1.54, 1.807) is 23.8 Å². The molecule has 3 aromatic carbocycles. The molecule has 4 aromatic rings. The molecule has 0 spiro atoms. The number of aromatic nitrogens is 3. The molecule has 1 aliphatic rings. The molecule has 1 N–H and O–H groups in total. The zero-order valence-corrected chi connectivity index (χ0v) is 24.6. The van der Waals surface area contributed by atoms with Gasteiger partial charge in [0.05, 0.1) is 46.4 Å². The number of carbonyl (C=O) groups excluding carboxylic acids is 2. The molecule has 0 radical (unpaired) electrons. The van der Waals surface area contributed by atoms with E-state index in [2.05, 4.69) is 15.5 Å². The van der Waals surface area contributed by atoms with Crippen molar-refractivity contribution in [3.63, 3.8) is 0 Å². The second kappa shape index (κ2) is 12.9. The number of carbonyl (C=O) groups is 2. The minimum Gasteiger partial charge on any atom is -0.495 e. The van der Waals surface area contributed by atoms with E-state index in [4.69, 9.17) is 18.9 Å². The number of hydrogen-bond donors (Lipinski definition) is 1. The molecule has 2 amide bonds. The van der Waals surface area contributed by atoms with E-state index in [1.807, 2.05) is 53.4 Å². The van der Waals surface area contributed by atoms with Gasteiger partial charge in [0.15, 0.2) is 22.5 Å². The Hall–Kier alpha value is -4.71. The van der Waals surface area contributed by atoms with E-state index in [0.29, 0.717) is 51.8 Å². The van der Waals surface area contributed by atoms with Crippen molar-refractivity contribution >= 4 is 29.3 Å². The number of ether oxygens (including phenoxy) is 4. The lowest BCUT2D eigenvalue weighted by Gasteiger charge is -2.17. The van der Waals surface area contributed by atoms with Crippen LogP contribution in [0.1, 0.15) is 21.7 Å². The Morgan fingerprint density at radius 1 is 0.857 bits per heavy atom. The molecule has 42 heavy (non-hydrogen) atoms. The molecule has 1 aliphatic heterocycles. The maximum absolute atomic E-state index is 13.2. The lowest BCUT2D eigenvalue weighted by Crippen LogP contribution is -2.30. The number of methoxy groups -OCH3 is 4. The summed E-state index contributed by atoms with van der Waals surface area (Å²) in [5, 5.41) is 12.1. The summed E-state index contributed by atoms with van der Waals surface area (Å²) in [6.45, 7) is 0.699. The fourth-order valence-electron chi connectivity index (χ4n) is 4.84. The van der Waals surface area contributed by atoms with Gasteiger partial charge in [0.25, 0.3) is 5.91 Å². The van der Waals surface area contributed by atoms with Gasteiger partial charge in [0.2, 0.25) is 11.7 Å². The molecular weight excluding hydrogens is 558 g/mol. The second-order valence-corrected chi connectivity index (χ2v) is 10.2. The van der Waals surface area contributed by atoms with E-state index < -0.39 is 0 Å². The van der Waals surface area contributed by atoms with Gasteiger partial charge in [-0.2, -0.15) is 0 Å². The Morgan fingerprint density at radius 2 is 1.52 bits per heavy atom. The Labute approximate surface area is 247 Å². The Balaban J connectivity index is 1.39. The maximum Gasteiger partial charge on any atom is 0.251 e. The fraction of sp³-hybridized carbons (Fsp3) is 0.267. The monoisotopic (exact) mass is 589 g/mol. The smallest absolute Gasteiger partial charge is 0.251 e. The van der Waals surface area contributed by atoms with Crippen LogP contribution in [0.25, 0.3) is 5.69 Å². The van der Waals surface area contributed by atoms with E-state index in [0.717, 1.165) is 17.7 Å². The molecule has 0 bridgehead atoms. The predicted molar refractivity (Wildman–Crippen MR) is 158 cm³/mol. The molecule has 0 aliphatic carbocycles. The van der Waals surface area contributed by atoms with Gasteiger partial charge < -0.3 is 29.2 Å². The second-order valence-electron chi connectivity index (χ2n) is 9.22. The lowest BCUT2D eigenvalue weighted by atomic mass is 10.1. The van der Waals surface area contributed by atoms with Crippen molar-refractivity contribution in [1.82, 2.24) is 20.1 Å². The van der Waals surface area contributed by atoms with Crippen LogP contribution in [0.15, 0.2) is 65.8 Å². The van der Waals surface area contributed by atoms with Crippen LogP contribution in [0.5, 0.6) is 23.0 Å². The first-order chi connectivity index (χ1) is 20.5. The summed E-state index contributed by atoms with van der Waals surface area (Å²) >= 11 is 1.28. The summed E-state index contributed by atoms with van der Waals surface area (Å²) in [6.07, 6.45) is 0.833. The van der Waals surface area contributed by atoms with Crippen LogP contribution < -0.4 is 29.2 Å². The minimum atomic E-state index is -0.374. The molecule has 11 nitrogen and oxygen atoms in total. The van der Waals surface area contributed by atoms with Gasteiger partial charge in [-0.25, -0.2) is 0 Å². The van der Waals surface area contributed by atoms with Gasteiger partial charge in [0.1, 0.15) is 5.75 Å². The molecule has 0 fully saturated rings. The minimum absolute atomic E-state index is 0.0169.